The Morgan fingerprint density at radius 3 is 2.34 bits per heavy atom. The molecule has 0 saturated heterocycles. The number of esters is 1. The van der Waals surface area contributed by atoms with E-state index in [2.05, 4.69) is 40.7 Å². The Balaban J connectivity index is 1.20. The minimum absolute atomic E-state index is 0.0642. The fraction of sp³-hybridized carbons (Fsp3) is 0.541. The number of benzene rings is 2. The topological polar surface area (TPSA) is 49.4 Å². The van der Waals surface area contributed by atoms with E-state index in [9.17, 15) is 9.35 Å². The van der Waals surface area contributed by atoms with Gasteiger partial charge in [-0.2, -0.15) is 0 Å². The van der Waals surface area contributed by atoms with Gasteiger partial charge in [0.1, 0.15) is 11.9 Å². The number of rotatable bonds is 6. The molecule has 2 aromatic carbocycles. The SMILES string of the molecule is C[C@H](C[S+]([O-])c1ccccc1)[C@H]1CC=C2C3=C(CC[C@@]21C)[C@@]1(C)CCC(OC(=O)c2ccccc2)C(C)(C)C1CC3. The quantitative estimate of drug-likeness (QED) is 0.257. The van der Waals surface area contributed by atoms with Crippen molar-refractivity contribution >= 4 is 17.1 Å². The Labute approximate surface area is 250 Å². The van der Waals surface area contributed by atoms with Gasteiger partial charge in [0.15, 0.2) is 4.90 Å². The van der Waals surface area contributed by atoms with E-state index in [-0.39, 0.29) is 28.3 Å². The third-order valence-corrected chi connectivity index (χ3v) is 13.4. The van der Waals surface area contributed by atoms with Crippen molar-refractivity contribution in [2.45, 2.75) is 90.6 Å². The van der Waals surface area contributed by atoms with Crippen molar-refractivity contribution in [2.75, 3.05) is 5.75 Å². The first-order chi connectivity index (χ1) is 19.6. The molecule has 41 heavy (non-hydrogen) atoms. The highest BCUT2D eigenvalue weighted by Gasteiger charge is 2.58. The van der Waals surface area contributed by atoms with E-state index in [0.29, 0.717) is 23.3 Å². The molecule has 4 aliphatic rings. The molecule has 1 fully saturated rings. The number of allylic oxidation sites excluding steroid dienone is 4. The van der Waals surface area contributed by atoms with Crippen LogP contribution < -0.4 is 0 Å². The summed E-state index contributed by atoms with van der Waals surface area (Å²) in [5.74, 6) is 1.96. The summed E-state index contributed by atoms with van der Waals surface area (Å²) in [6.45, 7) is 12.0. The van der Waals surface area contributed by atoms with Gasteiger partial charge in [0, 0.05) is 11.3 Å². The summed E-state index contributed by atoms with van der Waals surface area (Å²) in [7, 11) is 0. The van der Waals surface area contributed by atoms with Gasteiger partial charge in [-0.3, -0.25) is 0 Å². The maximum atomic E-state index is 13.2. The van der Waals surface area contributed by atoms with E-state index in [1.165, 1.54) is 6.42 Å². The van der Waals surface area contributed by atoms with Gasteiger partial charge in [-0.05, 0) is 114 Å². The van der Waals surface area contributed by atoms with Gasteiger partial charge in [0.05, 0.1) is 5.56 Å². The second-order valence-corrected chi connectivity index (χ2v) is 15.8. The number of carbonyl (C=O) groups is 1. The van der Waals surface area contributed by atoms with Crippen LogP contribution in [0.25, 0.3) is 0 Å². The molecular weight excluding hydrogens is 524 g/mol. The first-order valence-corrected chi connectivity index (χ1v) is 17.0. The van der Waals surface area contributed by atoms with Crippen LogP contribution in [0, 0.1) is 34.0 Å². The van der Waals surface area contributed by atoms with Gasteiger partial charge in [0.2, 0.25) is 0 Å². The van der Waals surface area contributed by atoms with Gasteiger partial charge in [-0.15, -0.1) is 0 Å². The van der Waals surface area contributed by atoms with Crippen molar-refractivity contribution in [3.63, 3.8) is 0 Å². The third-order valence-electron chi connectivity index (χ3n) is 11.8. The maximum Gasteiger partial charge on any atom is 0.338 e. The average molecular weight is 571 g/mol. The second-order valence-electron chi connectivity index (χ2n) is 14.3. The van der Waals surface area contributed by atoms with E-state index in [4.69, 9.17) is 4.74 Å². The molecule has 0 aliphatic heterocycles. The number of fused-ring (bicyclic) bond motifs is 4. The average Bonchev–Trinajstić information content (AvgIpc) is 3.33. The van der Waals surface area contributed by atoms with Gasteiger partial charge >= 0.3 is 5.97 Å². The highest BCUT2D eigenvalue weighted by Crippen LogP contribution is 2.67. The lowest BCUT2D eigenvalue weighted by atomic mass is 9.46. The van der Waals surface area contributed by atoms with Crippen LogP contribution in [0.3, 0.4) is 0 Å². The van der Waals surface area contributed by atoms with Crippen molar-refractivity contribution in [1.29, 1.82) is 0 Å². The highest BCUT2D eigenvalue weighted by molar-refractivity contribution is 7.91. The predicted molar refractivity (Wildman–Crippen MR) is 167 cm³/mol. The van der Waals surface area contributed by atoms with Crippen molar-refractivity contribution in [3.05, 3.63) is 89.0 Å². The molecule has 0 aromatic heterocycles. The lowest BCUT2D eigenvalue weighted by molar-refractivity contribution is -0.0993. The lowest BCUT2D eigenvalue weighted by Crippen LogP contribution is -2.54. The number of ether oxygens (including phenoxy) is 1. The number of hydrogen-bond acceptors (Lipinski definition) is 3. The first-order valence-electron chi connectivity index (χ1n) is 15.7. The van der Waals surface area contributed by atoms with Gasteiger partial charge < -0.3 is 9.29 Å². The molecule has 0 N–H and O–H groups in total. The molecule has 2 aromatic rings. The van der Waals surface area contributed by atoms with E-state index in [1.54, 1.807) is 16.7 Å². The molecule has 0 bridgehead atoms. The molecule has 4 heteroatoms. The van der Waals surface area contributed by atoms with Crippen molar-refractivity contribution in [1.82, 2.24) is 0 Å². The van der Waals surface area contributed by atoms with Crippen LogP contribution in [-0.2, 0) is 15.9 Å². The second kappa shape index (κ2) is 10.8. The zero-order valence-electron chi connectivity index (χ0n) is 25.5. The molecule has 3 nitrogen and oxygen atoms in total. The van der Waals surface area contributed by atoms with Gasteiger partial charge in [0.25, 0.3) is 0 Å². The fourth-order valence-corrected chi connectivity index (χ4v) is 10.9. The predicted octanol–water partition coefficient (Wildman–Crippen LogP) is 8.94. The smallest absolute Gasteiger partial charge is 0.338 e. The maximum absolute atomic E-state index is 13.2. The van der Waals surface area contributed by atoms with Crippen molar-refractivity contribution in [2.24, 2.45) is 34.0 Å². The Kier molecular flexibility index (Phi) is 7.56. The van der Waals surface area contributed by atoms with E-state index >= 15 is 0 Å². The van der Waals surface area contributed by atoms with E-state index in [1.807, 2.05) is 60.7 Å². The largest absolute Gasteiger partial charge is 0.611 e. The normalized spacial score (nSPS) is 33.6. The molecule has 218 valence electrons. The third kappa shape index (κ3) is 4.83. The van der Waals surface area contributed by atoms with Crippen LogP contribution in [0.5, 0.6) is 0 Å². The standard InChI is InChI=1S/C37H46O3S/c1-25(24-41(39)27-14-10-7-11-15-27)29-17-18-30-28-16-19-32-35(2,3)33(40-34(38)26-12-8-6-9-13-26)21-23-37(32,5)31(28)20-22-36(29,30)4/h6-15,18,25,29,32-33H,16-17,19-24H2,1-5H3/t25-,29-,32?,33?,36-,37-,41?/m1/s1. The minimum Gasteiger partial charge on any atom is -0.611 e. The summed E-state index contributed by atoms with van der Waals surface area (Å²) >= 11 is -0.960. The molecule has 0 radical (unpaired) electrons. The Bertz CT molecular complexity index is 1340. The summed E-state index contributed by atoms with van der Waals surface area (Å²) in [5.41, 5.74) is 5.82. The lowest BCUT2D eigenvalue weighted by Gasteiger charge is -2.59. The van der Waals surface area contributed by atoms with E-state index < -0.39 is 11.2 Å². The van der Waals surface area contributed by atoms with Crippen molar-refractivity contribution in [3.8, 4) is 0 Å². The summed E-state index contributed by atoms with van der Waals surface area (Å²) in [5, 5.41) is 0. The number of carbonyl (C=O) groups excluding carboxylic acids is 1. The zero-order valence-corrected chi connectivity index (χ0v) is 26.3. The first kappa shape index (κ1) is 28.8. The summed E-state index contributed by atoms with van der Waals surface area (Å²) in [6, 6.07) is 19.4. The summed E-state index contributed by atoms with van der Waals surface area (Å²) in [4.78, 5) is 14.0. The summed E-state index contributed by atoms with van der Waals surface area (Å²) < 4.78 is 19.4. The van der Waals surface area contributed by atoms with Crippen LogP contribution in [-0.4, -0.2) is 22.4 Å². The molecule has 0 amide bonds. The minimum atomic E-state index is -0.960. The Morgan fingerprint density at radius 1 is 0.951 bits per heavy atom. The van der Waals surface area contributed by atoms with Crippen LogP contribution in [0.4, 0.5) is 0 Å². The zero-order chi connectivity index (χ0) is 29.0. The molecule has 0 heterocycles. The van der Waals surface area contributed by atoms with Gasteiger partial charge in [-0.25, -0.2) is 4.79 Å². The summed E-state index contributed by atoms with van der Waals surface area (Å²) in [6.07, 6.45) is 10.2. The number of hydrogen-bond donors (Lipinski definition) is 0. The molecule has 4 aliphatic carbocycles. The van der Waals surface area contributed by atoms with E-state index in [0.717, 1.165) is 49.2 Å². The van der Waals surface area contributed by atoms with Crippen LogP contribution in [0.2, 0.25) is 0 Å². The Hall–Kier alpha value is -2.30. The molecule has 6 rings (SSSR count). The van der Waals surface area contributed by atoms with Crippen LogP contribution >= 0.6 is 0 Å². The van der Waals surface area contributed by atoms with Gasteiger partial charge in [-0.1, -0.05) is 82.7 Å². The molecule has 3 unspecified atom stereocenters. The highest BCUT2D eigenvalue weighted by atomic mass is 32.2. The van der Waals surface area contributed by atoms with Crippen molar-refractivity contribution < 1.29 is 14.1 Å². The molecular formula is C37H46O3S. The monoisotopic (exact) mass is 570 g/mol. The fourth-order valence-electron chi connectivity index (χ4n) is 9.57. The Morgan fingerprint density at radius 2 is 1.63 bits per heavy atom. The van der Waals surface area contributed by atoms with Crippen LogP contribution in [0.1, 0.15) is 89.9 Å². The molecule has 7 atom stereocenters. The van der Waals surface area contributed by atoms with Crippen LogP contribution in [0.15, 0.2) is 88.4 Å². The molecule has 0 spiro atoms. The molecule has 1 saturated carbocycles.